The number of piperidine rings is 1. The molecule has 0 radical (unpaired) electrons. The van der Waals surface area contributed by atoms with E-state index >= 15 is 0 Å². The van der Waals surface area contributed by atoms with Crippen LogP contribution in [0.2, 0.25) is 0 Å². The molecule has 1 saturated heterocycles. The summed E-state index contributed by atoms with van der Waals surface area (Å²) < 4.78 is 0. The molecule has 2 heterocycles. The summed E-state index contributed by atoms with van der Waals surface area (Å²) in [5.74, 6) is 0.493. The van der Waals surface area contributed by atoms with Crippen molar-refractivity contribution in [2.75, 3.05) is 32.0 Å². The molecule has 1 aromatic rings. The molecular weight excluding hydrogens is 254 g/mol. The van der Waals surface area contributed by atoms with Crippen LogP contribution in [-0.2, 0) is 0 Å². The number of anilines is 1. The van der Waals surface area contributed by atoms with E-state index in [1.54, 1.807) is 19.2 Å². The fraction of sp³-hybridized carbons (Fsp3) is 0.643. The van der Waals surface area contributed by atoms with Crippen molar-refractivity contribution in [3.63, 3.8) is 0 Å². The van der Waals surface area contributed by atoms with Gasteiger partial charge in [0.15, 0.2) is 5.69 Å². The fourth-order valence-electron chi connectivity index (χ4n) is 2.41. The molecule has 1 aromatic heterocycles. The number of carbonyl (C=O) groups is 1. The van der Waals surface area contributed by atoms with Crippen molar-refractivity contribution in [1.82, 2.24) is 20.4 Å². The summed E-state index contributed by atoms with van der Waals surface area (Å²) in [6.45, 7) is 5.07. The lowest BCUT2D eigenvalue weighted by atomic mass is 10.1. The minimum Gasteiger partial charge on any atom is -0.372 e. The summed E-state index contributed by atoms with van der Waals surface area (Å²) in [5, 5.41) is 13.6. The van der Waals surface area contributed by atoms with Gasteiger partial charge in [-0.15, -0.1) is 10.2 Å². The van der Waals surface area contributed by atoms with Crippen LogP contribution in [0.1, 0.15) is 36.7 Å². The highest BCUT2D eigenvalue weighted by Crippen LogP contribution is 2.11. The van der Waals surface area contributed by atoms with Crippen LogP contribution in [-0.4, -0.2) is 53.7 Å². The van der Waals surface area contributed by atoms with Crippen LogP contribution in [0.5, 0.6) is 0 Å². The van der Waals surface area contributed by atoms with Gasteiger partial charge in [-0.1, -0.05) is 6.42 Å². The predicted molar refractivity (Wildman–Crippen MR) is 78.8 cm³/mol. The summed E-state index contributed by atoms with van der Waals surface area (Å²) in [5.41, 5.74) is 0.356. The molecule has 0 spiro atoms. The minimum atomic E-state index is -0.163. The normalized spacial score (nSPS) is 17.5. The van der Waals surface area contributed by atoms with Crippen molar-refractivity contribution < 1.29 is 4.79 Å². The third-order valence-corrected chi connectivity index (χ3v) is 3.73. The maximum absolute atomic E-state index is 12.0. The lowest BCUT2D eigenvalue weighted by Gasteiger charge is -2.32. The van der Waals surface area contributed by atoms with Gasteiger partial charge in [0, 0.05) is 19.6 Å². The second-order valence-corrected chi connectivity index (χ2v) is 5.21. The molecule has 1 aliphatic heterocycles. The van der Waals surface area contributed by atoms with E-state index in [4.69, 9.17) is 0 Å². The molecule has 0 aromatic carbocycles. The Labute approximate surface area is 120 Å². The maximum Gasteiger partial charge on any atom is 0.271 e. The topological polar surface area (TPSA) is 70.2 Å². The SMILES string of the molecule is CNc1ccc(C(=O)NCC(C)N2CCCCC2)nn1. The zero-order chi connectivity index (χ0) is 14.4. The number of rotatable bonds is 5. The minimum absolute atomic E-state index is 0.163. The standard InChI is InChI=1S/C14H23N5O/c1-11(19-8-4-3-5-9-19)10-16-14(20)12-6-7-13(15-2)18-17-12/h6-7,11H,3-5,8-10H2,1-2H3,(H,15,18)(H,16,20). The molecule has 0 saturated carbocycles. The van der Waals surface area contributed by atoms with Gasteiger partial charge in [0.2, 0.25) is 0 Å². The zero-order valence-corrected chi connectivity index (χ0v) is 12.2. The number of carbonyl (C=O) groups excluding carboxylic acids is 1. The van der Waals surface area contributed by atoms with E-state index in [2.05, 4.69) is 32.7 Å². The Bertz CT molecular complexity index is 428. The lowest BCUT2D eigenvalue weighted by molar-refractivity contribution is 0.0924. The molecule has 6 heteroatoms. The van der Waals surface area contributed by atoms with Crippen LogP contribution in [0.15, 0.2) is 12.1 Å². The van der Waals surface area contributed by atoms with Crippen molar-refractivity contribution in [1.29, 1.82) is 0 Å². The number of nitrogens with zero attached hydrogens (tertiary/aromatic N) is 3. The first-order chi connectivity index (χ1) is 9.70. The van der Waals surface area contributed by atoms with Crippen LogP contribution in [0.4, 0.5) is 5.82 Å². The molecule has 2 rings (SSSR count). The monoisotopic (exact) mass is 277 g/mol. The van der Waals surface area contributed by atoms with E-state index in [-0.39, 0.29) is 5.91 Å². The molecule has 0 bridgehead atoms. The highest BCUT2D eigenvalue weighted by molar-refractivity contribution is 5.92. The van der Waals surface area contributed by atoms with Crippen molar-refractivity contribution in [2.24, 2.45) is 0 Å². The molecule has 1 unspecified atom stereocenters. The summed E-state index contributed by atoms with van der Waals surface area (Å²) in [7, 11) is 1.77. The molecule has 1 fully saturated rings. The number of amides is 1. The second kappa shape index (κ2) is 7.19. The Kier molecular flexibility index (Phi) is 5.29. The molecule has 2 N–H and O–H groups in total. The van der Waals surface area contributed by atoms with Crippen LogP contribution in [0, 0.1) is 0 Å². The zero-order valence-electron chi connectivity index (χ0n) is 12.2. The molecule has 110 valence electrons. The number of nitrogens with one attached hydrogen (secondary N) is 2. The molecule has 1 atom stereocenters. The average Bonchev–Trinajstić information content (AvgIpc) is 2.53. The summed E-state index contributed by atoms with van der Waals surface area (Å²) in [4.78, 5) is 14.4. The highest BCUT2D eigenvalue weighted by Gasteiger charge is 2.17. The van der Waals surface area contributed by atoms with Crippen LogP contribution < -0.4 is 10.6 Å². The Balaban J connectivity index is 1.81. The van der Waals surface area contributed by atoms with Crippen LogP contribution >= 0.6 is 0 Å². The largest absolute Gasteiger partial charge is 0.372 e. The average molecular weight is 277 g/mol. The lowest BCUT2D eigenvalue weighted by Crippen LogP contribution is -2.44. The number of likely N-dealkylation sites (tertiary alicyclic amines) is 1. The van der Waals surface area contributed by atoms with Gasteiger partial charge in [-0.25, -0.2) is 0 Å². The van der Waals surface area contributed by atoms with E-state index in [1.807, 2.05) is 0 Å². The van der Waals surface area contributed by atoms with Gasteiger partial charge in [0.05, 0.1) is 0 Å². The van der Waals surface area contributed by atoms with Gasteiger partial charge in [0.25, 0.3) is 5.91 Å². The Hall–Kier alpha value is -1.69. The van der Waals surface area contributed by atoms with E-state index in [1.165, 1.54) is 19.3 Å². The molecule has 0 aliphatic carbocycles. The van der Waals surface area contributed by atoms with Crippen molar-refractivity contribution in [2.45, 2.75) is 32.2 Å². The smallest absolute Gasteiger partial charge is 0.271 e. The predicted octanol–water partition coefficient (Wildman–Crippen LogP) is 1.12. The maximum atomic E-state index is 12.0. The highest BCUT2D eigenvalue weighted by atomic mass is 16.1. The Morgan fingerprint density at radius 1 is 1.30 bits per heavy atom. The van der Waals surface area contributed by atoms with Crippen LogP contribution in [0.25, 0.3) is 0 Å². The number of hydrogen-bond donors (Lipinski definition) is 2. The summed E-state index contributed by atoms with van der Waals surface area (Å²) in [6, 6.07) is 3.79. The molecule has 1 aliphatic rings. The number of hydrogen-bond acceptors (Lipinski definition) is 5. The van der Waals surface area contributed by atoms with Gasteiger partial charge in [0.1, 0.15) is 5.82 Å². The van der Waals surface area contributed by atoms with Gasteiger partial charge in [-0.2, -0.15) is 0 Å². The Morgan fingerprint density at radius 3 is 2.65 bits per heavy atom. The van der Waals surface area contributed by atoms with E-state index in [0.717, 1.165) is 13.1 Å². The quantitative estimate of drug-likeness (QED) is 0.844. The van der Waals surface area contributed by atoms with Crippen molar-refractivity contribution in [3.8, 4) is 0 Å². The molecule has 20 heavy (non-hydrogen) atoms. The molecule has 1 amide bonds. The fourth-order valence-corrected chi connectivity index (χ4v) is 2.41. The third kappa shape index (κ3) is 3.90. The van der Waals surface area contributed by atoms with Gasteiger partial charge in [-0.05, 0) is 45.0 Å². The Morgan fingerprint density at radius 2 is 2.05 bits per heavy atom. The van der Waals surface area contributed by atoms with Crippen molar-refractivity contribution in [3.05, 3.63) is 17.8 Å². The summed E-state index contributed by atoms with van der Waals surface area (Å²) >= 11 is 0. The molecule has 6 nitrogen and oxygen atoms in total. The first kappa shape index (κ1) is 14.7. The number of aromatic nitrogens is 2. The first-order valence-corrected chi connectivity index (χ1v) is 7.24. The van der Waals surface area contributed by atoms with Crippen LogP contribution in [0.3, 0.4) is 0 Å². The van der Waals surface area contributed by atoms with Gasteiger partial charge in [-0.3, -0.25) is 9.69 Å². The van der Waals surface area contributed by atoms with E-state index < -0.39 is 0 Å². The van der Waals surface area contributed by atoms with Crippen molar-refractivity contribution >= 4 is 11.7 Å². The van der Waals surface area contributed by atoms with E-state index in [9.17, 15) is 4.79 Å². The van der Waals surface area contributed by atoms with Gasteiger partial charge >= 0.3 is 0 Å². The summed E-state index contributed by atoms with van der Waals surface area (Å²) in [6.07, 6.45) is 3.84. The third-order valence-electron chi connectivity index (χ3n) is 3.73. The van der Waals surface area contributed by atoms with Gasteiger partial charge < -0.3 is 10.6 Å². The molecular formula is C14H23N5O. The second-order valence-electron chi connectivity index (χ2n) is 5.21. The first-order valence-electron chi connectivity index (χ1n) is 7.24. The van der Waals surface area contributed by atoms with E-state index in [0.29, 0.717) is 24.1 Å².